The molecule has 2 N–H and O–H groups in total. The minimum absolute atomic E-state index is 0.284. The maximum absolute atomic E-state index is 12.5. The maximum Gasteiger partial charge on any atom is 0.329 e. The SMILES string of the molecule is Cc1ccc(C)c(C(=O)NC2(C(=O)O)CCC(C)CC2)c1. The third kappa shape index (κ3) is 3.26. The predicted octanol–water partition coefficient (Wildman–Crippen LogP) is 3.07. The first-order chi connectivity index (χ1) is 9.84. The van der Waals surface area contributed by atoms with Gasteiger partial charge in [0.25, 0.3) is 5.91 Å². The van der Waals surface area contributed by atoms with Crippen LogP contribution in [-0.4, -0.2) is 22.5 Å². The van der Waals surface area contributed by atoms with Crippen molar-refractivity contribution < 1.29 is 14.7 Å². The van der Waals surface area contributed by atoms with Gasteiger partial charge in [-0.05, 0) is 57.1 Å². The number of aliphatic carboxylic acids is 1. The molecule has 0 spiro atoms. The zero-order chi connectivity index (χ0) is 15.6. The normalized spacial score (nSPS) is 25.4. The summed E-state index contributed by atoms with van der Waals surface area (Å²) in [5.74, 6) is -0.684. The number of carboxylic acid groups (broad SMARTS) is 1. The van der Waals surface area contributed by atoms with Crippen molar-refractivity contribution in [3.63, 3.8) is 0 Å². The van der Waals surface area contributed by atoms with Crippen molar-refractivity contribution >= 4 is 11.9 Å². The molecule has 1 aliphatic carbocycles. The second kappa shape index (κ2) is 5.88. The highest BCUT2D eigenvalue weighted by atomic mass is 16.4. The molecule has 0 unspecified atom stereocenters. The van der Waals surface area contributed by atoms with Crippen LogP contribution in [0, 0.1) is 19.8 Å². The summed E-state index contributed by atoms with van der Waals surface area (Å²) in [4.78, 5) is 24.2. The molecule has 114 valence electrons. The quantitative estimate of drug-likeness (QED) is 0.898. The van der Waals surface area contributed by atoms with Crippen molar-refractivity contribution in [1.82, 2.24) is 5.32 Å². The molecule has 0 heterocycles. The van der Waals surface area contributed by atoms with Gasteiger partial charge in [-0.15, -0.1) is 0 Å². The second-order valence-corrected chi connectivity index (χ2v) is 6.34. The van der Waals surface area contributed by atoms with Crippen LogP contribution in [-0.2, 0) is 4.79 Å². The number of carbonyl (C=O) groups is 2. The first-order valence-electron chi connectivity index (χ1n) is 7.47. The van der Waals surface area contributed by atoms with Gasteiger partial charge < -0.3 is 10.4 Å². The van der Waals surface area contributed by atoms with Crippen LogP contribution in [0.5, 0.6) is 0 Å². The zero-order valence-corrected chi connectivity index (χ0v) is 12.9. The summed E-state index contributed by atoms with van der Waals surface area (Å²) in [6.45, 7) is 5.91. The molecule has 0 aliphatic heterocycles. The van der Waals surface area contributed by atoms with E-state index >= 15 is 0 Å². The number of hydrogen-bond donors (Lipinski definition) is 2. The minimum Gasteiger partial charge on any atom is -0.480 e. The second-order valence-electron chi connectivity index (χ2n) is 6.34. The minimum atomic E-state index is -1.11. The van der Waals surface area contributed by atoms with Crippen molar-refractivity contribution in [2.45, 2.75) is 52.0 Å². The molecule has 0 bridgehead atoms. The topological polar surface area (TPSA) is 66.4 Å². The van der Waals surface area contributed by atoms with E-state index < -0.39 is 11.5 Å². The zero-order valence-electron chi connectivity index (χ0n) is 12.9. The molecule has 1 amide bonds. The van der Waals surface area contributed by atoms with Crippen LogP contribution in [0.1, 0.15) is 54.1 Å². The fraction of sp³-hybridized carbons (Fsp3) is 0.529. The molecular weight excluding hydrogens is 266 g/mol. The van der Waals surface area contributed by atoms with E-state index in [9.17, 15) is 14.7 Å². The lowest BCUT2D eigenvalue weighted by Crippen LogP contribution is -2.56. The lowest BCUT2D eigenvalue weighted by atomic mass is 9.77. The van der Waals surface area contributed by atoms with E-state index in [0.29, 0.717) is 24.3 Å². The van der Waals surface area contributed by atoms with Gasteiger partial charge in [-0.25, -0.2) is 4.79 Å². The van der Waals surface area contributed by atoms with Gasteiger partial charge in [-0.1, -0.05) is 24.6 Å². The van der Waals surface area contributed by atoms with E-state index in [1.165, 1.54) is 0 Å². The number of aryl methyl sites for hydroxylation is 2. The van der Waals surface area contributed by atoms with E-state index in [1.54, 1.807) is 0 Å². The highest BCUT2D eigenvalue weighted by Gasteiger charge is 2.42. The van der Waals surface area contributed by atoms with Gasteiger partial charge in [-0.3, -0.25) is 4.79 Å². The standard InChI is InChI=1S/C17H23NO3/c1-11-6-8-17(9-7-11,16(20)21)18-15(19)14-10-12(2)4-5-13(14)3/h4-5,10-11H,6-9H2,1-3H3,(H,18,19)(H,20,21). The van der Waals surface area contributed by atoms with Gasteiger partial charge >= 0.3 is 5.97 Å². The Kier molecular flexibility index (Phi) is 4.35. The summed E-state index contributed by atoms with van der Waals surface area (Å²) in [6, 6.07) is 5.65. The third-order valence-electron chi connectivity index (χ3n) is 4.53. The molecule has 4 heteroatoms. The van der Waals surface area contributed by atoms with Gasteiger partial charge in [0.2, 0.25) is 0 Å². The number of hydrogen-bond acceptors (Lipinski definition) is 2. The average Bonchev–Trinajstić information content (AvgIpc) is 2.44. The molecule has 1 aromatic carbocycles. The summed E-state index contributed by atoms with van der Waals surface area (Å²) < 4.78 is 0. The van der Waals surface area contributed by atoms with Crippen LogP contribution < -0.4 is 5.32 Å². The summed E-state index contributed by atoms with van der Waals surface area (Å²) >= 11 is 0. The van der Waals surface area contributed by atoms with Gasteiger partial charge in [-0.2, -0.15) is 0 Å². The lowest BCUT2D eigenvalue weighted by molar-refractivity contribution is -0.146. The van der Waals surface area contributed by atoms with Crippen LogP contribution in [0.2, 0.25) is 0 Å². The van der Waals surface area contributed by atoms with E-state index in [-0.39, 0.29) is 5.91 Å². The van der Waals surface area contributed by atoms with Gasteiger partial charge in [0.15, 0.2) is 0 Å². The number of nitrogens with one attached hydrogen (secondary N) is 1. The fourth-order valence-electron chi connectivity index (χ4n) is 2.91. The van der Waals surface area contributed by atoms with Crippen LogP contribution in [0.15, 0.2) is 18.2 Å². The van der Waals surface area contributed by atoms with Gasteiger partial charge in [0, 0.05) is 5.56 Å². The van der Waals surface area contributed by atoms with Crippen LogP contribution in [0.25, 0.3) is 0 Å². The monoisotopic (exact) mass is 289 g/mol. The first kappa shape index (κ1) is 15.5. The molecule has 0 radical (unpaired) electrons. The average molecular weight is 289 g/mol. The molecule has 0 saturated heterocycles. The molecule has 1 aliphatic rings. The Morgan fingerprint density at radius 3 is 2.43 bits per heavy atom. The summed E-state index contributed by atoms with van der Waals surface area (Å²) in [6.07, 6.45) is 2.67. The Labute approximate surface area is 125 Å². The number of benzene rings is 1. The van der Waals surface area contributed by atoms with Crippen molar-refractivity contribution in [2.24, 2.45) is 5.92 Å². The number of carbonyl (C=O) groups excluding carboxylic acids is 1. The Morgan fingerprint density at radius 1 is 1.24 bits per heavy atom. The van der Waals surface area contributed by atoms with Crippen LogP contribution in [0.3, 0.4) is 0 Å². The fourth-order valence-corrected chi connectivity index (χ4v) is 2.91. The van der Waals surface area contributed by atoms with Crippen molar-refractivity contribution in [3.8, 4) is 0 Å². The summed E-state index contributed by atoms with van der Waals surface area (Å²) in [5, 5.41) is 12.4. The lowest BCUT2D eigenvalue weighted by Gasteiger charge is -2.36. The van der Waals surface area contributed by atoms with Gasteiger partial charge in [0.1, 0.15) is 5.54 Å². The van der Waals surface area contributed by atoms with Gasteiger partial charge in [0.05, 0.1) is 0 Å². The molecule has 0 atom stereocenters. The van der Waals surface area contributed by atoms with E-state index in [4.69, 9.17) is 0 Å². The Bertz CT molecular complexity index is 557. The first-order valence-corrected chi connectivity index (χ1v) is 7.47. The van der Waals surface area contributed by atoms with Crippen molar-refractivity contribution in [2.75, 3.05) is 0 Å². The molecular formula is C17H23NO3. The molecule has 1 fully saturated rings. The summed E-state index contributed by atoms with van der Waals surface area (Å²) in [5.41, 5.74) is 1.31. The highest BCUT2D eigenvalue weighted by Crippen LogP contribution is 2.32. The number of amides is 1. The third-order valence-corrected chi connectivity index (χ3v) is 4.53. The van der Waals surface area contributed by atoms with Crippen molar-refractivity contribution in [3.05, 3.63) is 34.9 Å². The van der Waals surface area contributed by atoms with Crippen molar-refractivity contribution in [1.29, 1.82) is 0 Å². The van der Waals surface area contributed by atoms with E-state index in [2.05, 4.69) is 12.2 Å². The Morgan fingerprint density at radius 2 is 1.86 bits per heavy atom. The molecule has 1 aromatic rings. The largest absolute Gasteiger partial charge is 0.480 e. The number of carboxylic acids is 1. The summed E-state index contributed by atoms with van der Waals surface area (Å²) in [7, 11) is 0. The van der Waals surface area contributed by atoms with Crippen LogP contribution >= 0.6 is 0 Å². The smallest absolute Gasteiger partial charge is 0.329 e. The molecule has 21 heavy (non-hydrogen) atoms. The molecule has 0 aromatic heterocycles. The maximum atomic E-state index is 12.5. The predicted molar refractivity (Wildman–Crippen MR) is 81.4 cm³/mol. The molecule has 1 saturated carbocycles. The molecule has 2 rings (SSSR count). The Balaban J connectivity index is 2.23. The van der Waals surface area contributed by atoms with E-state index in [0.717, 1.165) is 24.0 Å². The van der Waals surface area contributed by atoms with E-state index in [1.807, 2.05) is 32.0 Å². The Hall–Kier alpha value is -1.84. The number of rotatable bonds is 3. The highest BCUT2D eigenvalue weighted by molar-refractivity contribution is 5.99. The molecule has 4 nitrogen and oxygen atoms in total. The van der Waals surface area contributed by atoms with Crippen LogP contribution in [0.4, 0.5) is 0 Å².